The summed E-state index contributed by atoms with van der Waals surface area (Å²) in [5.41, 5.74) is 18.5. The minimum Gasteiger partial charge on any atom is -0.265 e. The Morgan fingerprint density at radius 1 is 0.231 bits per heavy atom. The van der Waals surface area contributed by atoms with E-state index in [0.717, 1.165) is 95.5 Å². The summed E-state index contributed by atoms with van der Waals surface area (Å²) in [6.07, 6.45) is 36.1. The van der Waals surface area contributed by atoms with Crippen molar-refractivity contribution in [2.75, 3.05) is 0 Å². The van der Waals surface area contributed by atoms with Crippen LogP contribution < -0.4 is 0 Å². The van der Waals surface area contributed by atoms with Gasteiger partial charge in [0, 0.05) is 149 Å². The van der Waals surface area contributed by atoms with Gasteiger partial charge in [-0.15, -0.1) is 0 Å². The van der Waals surface area contributed by atoms with E-state index in [2.05, 4.69) is 96.9 Å². The molecule has 384 valence electrons. The smallest absolute Gasteiger partial charge is 0.116 e. The molecular formula is C61H55N17. The summed E-state index contributed by atoms with van der Waals surface area (Å²) >= 11 is 0. The van der Waals surface area contributed by atoms with Gasteiger partial charge in [0.25, 0.3) is 0 Å². The molecule has 0 aliphatic rings. The van der Waals surface area contributed by atoms with Crippen molar-refractivity contribution in [2.45, 2.75) is 41.5 Å². The number of aromatic nitrogens is 17. The number of hydrogen-bond acceptors (Lipinski definition) is 17. The van der Waals surface area contributed by atoms with E-state index in [0.29, 0.717) is 0 Å². The molecule has 12 rings (SSSR count). The highest BCUT2D eigenvalue weighted by Gasteiger charge is 2.06. The molecule has 0 atom stereocenters. The minimum atomic E-state index is 0.917. The first-order chi connectivity index (χ1) is 38.3. The maximum absolute atomic E-state index is 4.23. The summed E-state index contributed by atoms with van der Waals surface area (Å²) in [5, 5.41) is 0. The zero-order valence-electron chi connectivity index (χ0n) is 44.0. The molecule has 12 aromatic rings. The molecule has 11 heterocycles. The maximum atomic E-state index is 4.23. The van der Waals surface area contributed by atoms with Crippen LogP contribution in [0.3, 0.4) is 0 Å². The van der Waals surface area contributed by atoms with Crippen LogP contribution in [-0.4, -0.2) is 84.7 Å². The molecule has 0 unspecified atom stereocenters. The van der Waals surface area contributed by atoms with Crippen LogP contribution in [-0.2, 0) is 0 Å². The molecule has 0 aliphatic carbocycles. The Hall–Kier alpha value is -10.6. The molecule has 78 heavy (non-hydrogen) atoms. The molecule has 0 saturated carbocycles. The lowest BCUT2D eigenvalue weighted by Crippen LogP contribution is -1.90. The minimum absolute atomic E-state index is 0.917. The fourth-order valence-corrected chi connectivity index (χ4v) is 7.27. The molecule has 0 spiro atoms. The van der Waals surface area contributed by atoms with Crippen molar-refractivity contribution >= 4 is 0 Å². The largest absolute Gasteiger partial charge is 0.265 e. The van der Waals surface area contributed by atoms with Gasteiger partial charge >= 0.3 is 0 Å². The zero-order valence-corrected chi connectivity index (χ0v) is 44.0. The van der Waals surface area contributed by atoms with Crippen LogP contribution in [0.5, 0.6) is 0 Å². The monoisotopic (exact) mass is 1030 g/mol. The Labute approximate surface area is 453 Å². The van der Waals surface area contributed by atoms with Gasteiger partial charge in [-0.1, -0.05) is 42.5 Å². The van der Waals surface area contributed by atoms with Crippen LogP contribution in [0.2, 0.25) is 0 Å². The van der Waals surface area contributed by atoms with Gasteiger partial charge in [0.1, 0.15) is 38.0 Å². The Balaban J connectivity index is 0.000000136. The number of nitrogens with zero attached hydrogens (tertiary/aromatic N) is 17. The molecule has 0 radical (unpaired) electrons. The van der Waals surface area contributed by atoms with Crippen LogP contribution in [0, 0.1) is 41.5 Å². The van der Waals surface area contributed by atoms with E-state index >= 15 is 0 Å². The average molecular weight is 1030 g/mol. The summed E-state index contributed by atoms with van der Waals surface area (Å²) < 4.78 is 0. The van der Waals surface area contributed by atoms with Crippen LogP contribution in [0.1, 0.15) is 33.9 Å². The first-order valence-electron chi connectivity index (χ1n) is 24.4. The van der Waals surface area contributed by atoms with E-state index in [-0.39, 0.29) is 0 Å². The lowest BCUT2D eigenvalue weighted by Gasteiger charge is -2.02. The van der Waals surface area contributed by atoms with Crippen molar-refractivity contribution in [3.63, 3.8) is 0 Å². The molecule has 0 N–H and O–H groups in total. The van der Waals surface area contributed by atoms with Gasteiger partial charge in [0.05, 0.1) is 22.8 Å². The summed E-state index contributed by atoms with van der Waals surface area (Å²) in [6.45, 7) is 11.9. The molecule has 0 amide bonds. The van der Waals surface area contributed by atoms with Crippen LogP contribution in [0.25, 0.3) is 67.2 Å². The number of benzene rings is 1. The van der Waals surface area contributed by atoms with E-state index in [1.807, 2.05) is 151 Å². The summed E-state index contributed by atoms with van der Waals surface area (Å²) in [4.78, 5) is 69.0. The third kappa shape index (κ3) is 16.7. The molecule has 0 fully saturated rings. The Kier molecular flexibility index (Phi) is 21.2. The van der Waals surface area contributed by atoms with Crippen LogP contribution in [0.4, 0.5) is 0 Å². The van der Waals surface area contributed by atoms with Gasteiger partial charge in [0.2, 0.25) is 0 Å². The highest BCUT2D eigenvalue weighted by molar-refractivity contribution is 5.66. The molecular weight excluding hydrogens is 971 g/mol. The molecule has 0 bridgehead atoms. The van der Waals surface area contributed by atoms with E-state index in [4.69, 9.17) is 0 Å². The lowest BCUT2D eigenvalue weighted by molar-refractivity contribution is 1.10. The first-order valence-corrected chi connectivity index (χ1v) is 24.4. The van der Waals surface area contributed by atoms with Gasteiger partial charge in [-0.2, -0.15) is 0 Å². The Morgan fingerprint density at radius 3 is 1.05 bits per heavy atom. The highest BCUT2D eigenvalue weighted by atomic mass is 14.9. The maximum Gasteiger partial charge on any atom is 0.116 e. The van der Waals surface area contributed by atoms with E-state index in [1.54, 1.807) is 106 Å². The fourth-order valence-electron chi connectivity index (χ4n) is 7.27. The quantitative estimate of drug-likeness (QED) is 0.151. The molecule has 17 heteroatoms. The van der Waals surface area contributed by atoms with Gasteiger partial charge < -0.3 is 0 Å². The van der Waals surface area contributed by atoms with E-state index < -0.39 is 0 Å². The number of aryl methyl sites for hydroxylation is 6. The Morgan fingerprint density at radius 2 is 0.615 bits per heavy atom. The third-order valence-electron chi connectivity index (χ3n) is 11.3. The van der Waals surface area contributed by atoms with E-state index in [1.165, 1.54) is 5.56 Å². The normalized spacial score (nSPS) is 9.92. The van der Waals surface area contributed by atoms with Crippen molar-refractivity contribution < 1.29 is 0 Å². The topological polar surface area (TPSA) is 219 Å². The molecule has 11 aromatic heterocycles. The SMILES string of the molecule is Cc1cncnc1-c1cccnc1.Cc1cncnc1-c1ccncc1.Cc1ncncc1-c1ccccc1.Cc1ncncc1-c1ccccn1.Cc1ncncc1-c1cccnc1.Cc1ncncc1-c1ccncc1. The van der Waals surface area contributed by atoms with Crippen molar-refractivity contribution in [3.8, 4) is 67.2 Å². The first kappa shape index (κ1) is 55.2. The number of hydrogen-bond donors (Lipinski definition) is 0. The van der Waals surface area contributed by atoms with Crippen molar-refractivity contribution in [1.29, 1.82) is 0 Å². The van der Waals surface area contributed by atoms with Crippen LogP contribution >= 0.6 is 0 Å². The predicted octanol–water partition coefficient (Wildman–Crippen LogP) is 11.7. The average Bonchev–Trinajstić information content (AvgIpc) is 3.50. The van der Waals surface area contributed by atoms with Crippen LogP contribution in [0.15, 0.2) is 228 Å². The predicted molar refractivity (Wildman–Crippen MR) is 302 cm³/mol. The lowest BCUT2D eigenvalue weighted by atomic mass is 10.1. The summed E-state index contributed by atoms with van der Waals surface area (Å²) in [7, 11) is 0. The van der Waals surface area contributed by atoms with Gasteiger partial charge in [-0.05, 0) is 118 Å². The second-order valence-corrected chi connectivity index (χ2v) is 16.7. The van der Waals surface area contributed by atoms with Crippen molar-refractivity contribution in [2.24, 2.45) is 0 Å². The van der Waals surface area contributed by atoms with Gasteiger partial charge in [-0.3, -0.25) is 24.9 Å². The number of pyridine rings is 5. The Bertz CT molecular complexity index is 3010. The highest BCUT2D eigenvalue weighted by Crippen LogP contribution is 2.23. The summed E-state index contributed by atoms with van der Waals surface area (Å²) in [6, 6.07) is 31.5. The van der Waals surface area contributed by atoms with Gasteiger partial charge in [0.15, 0.2) is 0 Å². The standard InChI is InChI=1S/C11H10N2.5C10H9N3/c1-9-11(7-12-8-13-9)10-5-3-2-4-6-10;1-8-10(6-12-7-13-8)9-2-4-11-5-3-9;1-8-6-12-7-13-10(8)9-2-4-11-5-3-9;1-8-10(6-12-7-13-8)9-3-2-4-11-5-9;1-8-5-12-7-13-10(8)9-3-2-4-11-6-9;1-8-9(6-11-7-13-8)10-4-2-3-5-12-10/h2-8H,1H3;5*2-7H,1H3. The molecule has 1 aromatic carbocycles. The molecule has 17 nitrogen and oxygen atoms in total. The second kappa shape index (κ2) is 30.0. The second-order valence-electron chi connectivity index (χ2n) is 16.7. The van der Waals surface area contributed by atoms with Gasteiger partial charge in [-0.25, -0.2) is 59.8 Å². The molecule has 0 saturated heterocycles. The van der Waals surface area contributed by atoms with Crippen molar-refractivity contribution in [1.82, 2.24) is 84.7 Å². The van der Waals surface area contributed by atoms with E-state index in [9.17, 15) is 0 Å². The van der Waals surface area contributed by atoms with Crippen molar-refractivity contribution in [3.05, 3.63) is 262 Å². The zero-order chi connectivity index (χ0) is 54.6. The molecule has 0 aliphatic heterocycles. The number of rotatable bonds is 6. The fraction of sp³-hybridized carbons (Fsp3) is 0.0984. The third-order valence-corrected chi connectivity index (χ3v) is 11.3. The summed E-state index contributed by atoms with van der Waals surface area (Å²) in [5.74, 6) is 0.